The Bertz CT molecular complexity index is 1090. The van der Waals surface area contributed by atoms with Gasteiger partial charge in [-0.05, 0) is 36.4 Å². The van der Waals surface area contributed by atoms with Gasteiger partial charge in [-0.2, -0.15) is 10.2 Å². The number of guanidine groups is 1. The highest BCUT2D eigenvalue weighted by molar-refractivity contribution is 6.31. The molecule has 1 heterocycles. The summed E-state index contributed by atoms with van der Waals surface area (Å²) in [4.78, 5) is 23.9. The van der Waals surface area contributed by atoms with Crippen molar-refractivity contribution in [2.45, 2.75) is 0 Å². The molecule has 0 aliphatic heterocycles. The largest absolute Gasteiger partial charge is 0.382 e. The van der Waals surface area contributed by atoms with E-state index in [1.54, 1.807) is 24.3 Å². The van der Waals surface area contributed by atoms with Crippen LogP contribution in [0.15, 0.2) is 69.8 Å². The predicted molar refractivity (Wildman–Crippen MR) is 126 cm³/mol. The number of nitrogens with one attached hydrogen (secondary N) is 1. The van der Waals surface area contributed by atoms with Crippen LogP contribution in [0.3, 0.4) is 0 Å². The molecule has 7 N–H and O–H groups in total. The van der Waals surface area contributed by atoms with Crippen LogP contribution in [0.2, 0.25) is 5.15 Å². The van der Waals surface area contributed by atoms with E-state index in [0.29, 0.717) is 11.4 Å². The zero-order valence-corrected chi connectivity index (χ0v) is 18.2. The van der Waals surface area contributed by atoms with E-state index in [2.05, 4.69) is 30.5 Å². The first-order chi connectivity index (χ1) is 13.9. The average molecular weight is 483 g/mol. The molecule has 0 fully saturated rings. The molecule has 0 radical (unpaired) electrons. The van der Waals surface area contributed by atoms with Crippen LogP contribution in [-0.4, -0.2) is 21.8 Å². The number of azo groups is 1. The lowest BCUT2D eigenvalue weighted by molar-refractivity contribution is 0.0972. The number of aromatic nitrogens is 2. The summed E-state index contributed by atoms with van der Waals surface area (Å²) in [6, 6.07) is 16.1. The Balaban J connectivity index is 0.00000240. The van der Waals surface area contributed by atoms with Crippen molar-refractivity contribution in [3.8, 4) is 0 Å². The fourth-order valence-electron chi connectivity index (χ4n) is 2.16. The smallest absolute Gasteiger partial charge is 0.280 e. The van der Waals surface area contributed by atoms with Crippen LogP contribution in [0.5, 0.6) is 0 Å². The number of halogens is 3. The molecule has 0 saturated heterocycles. The lowest BCUT2D eigenvalue weighted by Crippen LogP contribution is -2.37. The predicted octanol–water partition coefficient (Wildman–Crippen LogP) is 3.93. The van der Waals surface area contributed by atoms with Gasteiger partial charge in [0.1, 0.15) is 0 Å². The fraction of sp³-hybridized carbons (Fsp3) is 0. The molecule has 10 nitrogen and oxygen atoms in total. The molecule has 1 amide bonds. The molecular formula is C18H18Cl3N9O. The van der Waals surface area contributed by atoms with Gasteiger partial charge in [0.15, 0.2) is 22.5 Å². The summed E-state index contributed by atoms with van der Waals surface area (Å²) in [5, 5.41) is 10.5. The number of hydrogen-bond acceptors (Lipinski definition) is 8. The number of anilines is 2. The van der Waals surface area contributed by atoms with Crippen molar-refractivity contribution in [3.63, 3.8) is 0 Å². The maximum Gasteiger partial charge on any atom is 0.280 e. The first kappa shape index (κ1) is 25.6. The number of rotatable bonds is 4. The summed E-state index contributed by atoms with van der Waals surface area (Å²) in [5.41, 5.74) is 18.5. The highest BCUT2D eigenvalue weighted by Crippen LogP contribution is 2.21. The molecule has 0 atom stereocenters. The van der Waals surface area contributed by atoms with Gasteiger partial charge in [0, 0.05) is 0 Å². The monoisotopic (exact) mass is 481 g/mol. The molecule has 2 aromatic carbocycles. The molecule has 0 aliphatic carbocycles. The number of nitrogens with two attached hydrogens (primary N) is 3. The lowest BCUT2D eigenvalue weighted by Gasteiger charge is -2.07. The standard InChI is InChI=1S/C18H16ClN9O.2ClH/c19-14-16(21)25-15(20)13(24-14)17(29)26-18(22)23-10-6-8-12(9-7-10)28-27-11-4-2-1-3-5-11;;/h1-9H,(H4,20,21,25)(H3,22,23,26,29);2*1H. The second-order valence-electron chi connectivity index (χ2n) is 5.64. The van der Waals surface area contributed by atoms with E-state index in [1.807, 2.05) is 30.3 Å². The van der Waals surface area contributed by atoms with Crippen molar-refractivity contribution in [2.75, 3.05) is 11.5 Å². The van der Waals surface area contributed by atoms with Crippen LogP contribution in [0.4, 0.5) is 28.7 Å². The van der Waals surface area contributed by atoms with Crippen LogP contribution in [0.1, 0.15) is 10.5 Å². The highest BCUT2D eigenvalue weighted by atomic mass is 35.5. The maximum atomic E-state index is 12.2. The topological polar surface area (TPSA) is 170 Å². The van der Waals surface area contributed by atoms with Gasteiger partial charge in [-0.15, -0.1) is 24.8 Å². The molecular weight excluding hydrogens is 465 g/mol. The van der Waals surface area contributed by atoms with Crippen molar-refractivity contribution in [3.05, 3.63) is 65.4 Å². The summed E-state index contributed by atoms with van der Waals surface area (Å²) in [7, 11) is 0. The Kier molecular flexibility index (Phi) is 9.61. The van der Waals surface area contributed by atoms with Gasteiger partial charge < -0.3 is 17.2 Å². The van der Waals surface area contributed by atoms with Gasteiger partial charge in [0.2, 0.25) is 5.96 Å². The Morgan fingerprint density at radius 3 is 2.00 bits per heavy atom. The lowest BCUT2D eigenvalue weighted by atomic mass is 10.3. The maximum absolute atomic E-state index is 12.2. The van der Waals surface area contributed by atoms with Gasteiger partial charge in [0.05, 0.1) is 17.1 Å². The Labute approximate surface area is 194 Å². The van der Waals surface area contributed by atoms with Crippen molar-refractivity contribution in [2.24, 2.45) is 21.0 Å². The summed E-state index contributed by atoms with van der Waals surface area (Å²) >= 11 is 5.76. The SMILES string of the molecule is Cl.Cl.NC(=Nc1ccc(N=Nc2ccccc2)cc1)NC(=O)c1nc(Cl)c(N)nc1N. The minimum Gasteiger partial charge on any atom is -0.382 e. The van der Waals surface area contributed by atoms with Crippen LogP contribution >= 0.6 is 36.4 Å². The molecule has 0 unspecified atom stereocenters. The number of aliphatic imine (C=N–C) groups is 1. The van der Waals surface area contributed by atoms with Gasteiger partial charge in [-0.1, -0.05) is 29.8 Å². The van der Waals surface area contributed by atoms with E-state index >= 15 is 0 Å². The van der Waals surface area contributed by atoms with Crippen LogP contribution in [0, 0.1) is 0 Å². The van der Waals surface area contributed by atoms with E-state index in [0.717, 1.165) is 5.69 Å². The number of carbonyl (C=O) groups excluding carboxylic acids is 1. The number of hydrogen-bond donors (Lipinski definition) is 4. The molecule has 0 aliphatic rings. The average Bonchev–Trinajstić information content (AvgIpc) is 2.71. The van der Waals surface area contributed by atoms with Crippen molar-refractivity contribution in [1.82, 2.24) is 15.3 Å². The second-order valence-corrected chi connectivity index (χ2v) is 5.99. The van der Waals surface area contributed by atoms with Gasteiger partial charge >= 0.3 is 0 Å². The Morgan fingerprint density at radius 1 is 0.839 bits per heavy atom. The molecule has 162 valence electrons. The van der Waals surface area contributed by atoms with Gasteiger partial charge in [-0.25, -0.2) is 15.0 Å². The zero-order chi connectivity index (χ0) is 20.8. The molecule has 3 aromatic rings. The Hall–Kier alpha value is -3.47. The first-order valence-electron chi connectivity index (χ1n) is 8.23. The molecule has 13 heteroatoms. The van der Waals surface area contributed by atoms with Crippen LogP contribution < -0.4 is 22.5 Å². The summed E-state index contributed by atoms with van der Waals surface area (Å²) in [5.74, 6) is -1.13. The van der Waals surface area contributed by atoms with Crippen LogP contribution in [0.25, 0.3) is 0 Å². The number of nitrogens with zero attached hydrogens (tertiary/aromatic N) is 5. The zero-order valence-electron chi connectivity index (χ0n) is 15.8. The van der Waals surface area contributed by atoms with E-state index in [1.165, 1.54) is 0 Å². The third-order valence-electron chi connectivity index (χ3n) is 3.50. The number of benzene rings is 2. The quantitative estimate of drug-likeness (QED) is 0.249. The first-order valence-corrected chi connectivity index (χ1v) is 8.61. The highest BCUT2D eigenvalue weighted by Gasteiger charge is 2.16. The van der Waals surface area contributed by atoms with Crippen molar-refractivity contribution < 1.29 is 4.79 Å². The molecule has 3 rings (SSSR count). The van der Waals surface area contributed by atoms with Crippen molar-refractivity contribution in [1.29, 1.82) is 0 Å². The molecule has 0 bridgehead atoms. The van der Waals surface area contributed by atoms with Crippen molar-refractivity contribution >= 4 is 77.0 Å². The van der Waals surface area contributed by atoms with Gasteiger partial charge in [-0.3, -0.25) is 10.1 Å². The molecule has 0 saturated carbocycles. The third kappa shape index (κ3) is 7.07. The minimum absolute atomic E-state index is 0. The fourth-order valence-corrected chi connectivity index (χ4v) is 2.28. The summed E-state index contributed by atoms with van der Waals surface area (Å²) < 4.78 is 0. The van der Waals surface area contributed by atoms with E-state index in [9.17, 15) is 4.79 Å². The molecule has 31 heavy (non-hydrogen) atoms. The van der Waals surface area contributed by atoms with Crippen LogP contribution in [-0.2, 0) is 0 Å². The van der Waals surface area contributed by atoms with Gasteiger partial charge in [0.25, 0.3) is 5.91 Å². The molecule has 1 aromatic heterocycles. The minimum atomic E-state index is -0.716. The van der Waals surface area contributed by atoms with E-state index in [-0.39, 0.29) is 53.3 Å². The third-order valence-corrected chi connectivity index (χ3v) is 3.78. The number of nitrogen functional groups attached to an aromatic ring is 2. The van der Waals surface area contributed by atoms with E-state index in [4.69, 9.17) is 28.8 Å². The summed E-state index contributed by atoms with van der Waals surface area (Å²) in [6.07, 6.45) is 0. The molecule has 0 spiro atoms. The normalized spacial score (nSPS) is 10.8. The summed E-state index contributed by atoms with van der Waals surface area (Å²) in [6.45, 7) is 0. The second kappa shape index (κ2) is 11.6. The Morgan fingerprint density at radius 2 is 1.39 bits per heavy atom. The number of amides is 1. The number of carbonyl (C=O) groups is 1. The van der Waals surface area contributed by atoms with E-state index < -0.39 is 5.91 Å².